The van der Waals surface area contributed by atoms with Crippen molar-refractivity contribution in [2.24, 2.45) is 5.73 Å². The van der Waals surface area contributed by atoms with Crippen LogP contribution >= 0.6 is 0 Å². The Morgan fingerprint density at radius 2 is 2.47 bits per heavy atom. The van der Waals surface area contributed by atoms with Gasteiger partial charge >= 0.3 is 0 Å². The summed E-state index contributed by atoms with van der Waals surface area (Å²) >= 11 is 0. The summed E-state index contributed by atoms with van der Waals surface area (Å²) in [7, 11) is 0. The van der Waals surface area contributed by atoms with E-state index in [9.17, 15) is 4.79 Å². The van der Waals surface area contributed by atoms with Crippen LogP contribution in [0, 0.1) is 6.92 Å². The quantitative estimate of drug-likeness (QED) is 0.718. The molecule has 1 aliphatic heterocycles. The molecule has 4 nitrogen and oxygen atoms in total. The van der Waals surface area contributed by atoms with Crippen molar-refractivity contribution in [1.82, 2.24) is 9.88 Å². The normalized spacial score (nSPS) is 21.7. The third-order valence-corrected chi connectivity index (χ3v) is 2.93. The number of nitrogens with zero attached hydrogens (tertiary/aromatic N) is 1. The minimum Gasteiger partial charge on any atom is -0.365 e. The Hall–Kier alpha value is -1.29. The van der Waals surface area contributed by atoms with Crippen LogP contribution in [0.1, 0.15) is 28.9 Å². The molecular formula is C11H17N3O. The van der Waals surface area contributed by atoms with Gasteiger partial charge in [0, 0.05) is 31.0 Å². The van der Waals surface area contributed by atoms with E-state index in [2.05, 4.69) is 4.98 Å². The lowest BCUT2D eigenvalue weighted by Gasteiger charge is -2.30. The van der Waals surface area contributed by atoms with Gasteiger partial charge in [0.25, 0.3) is 5.91 Å². The molecule has 1 aromatic heterocycles. The van der Waals surface area contributed by atoms with Crippen LogP contribution in [0.2, 0.25) is 0 Å². The number of hydrogen-bond donors (Lipinski definition) is 2. The molecule has 1 atom stereocenters. The number of amides is 1. The largest absolute Gasteiger partial charge is 0.365 e. The highest BCUT2D eigenvalue weighted by Crippen LogP contribution is 2.14. The van der Waals surface area contributed by atoms with Crippen molar-refractivity contribution in [1.29, 1.82) is 0 Å². The number of piperidine rings is 1. The number of carbonyl (C=O) groups is 1. The molecule has 0 spiro atoms. The first-order chi connectivity index (χ1) is 7.18. The van der Waals surface area contributed by atoms with Gasteiger partial charge in [-0.05, 0) is 25.8 Å². The Morgan fingerprint density at radius 1 is 1.67 bits per heavy atom. The maximum absolute atomic E-state index is 12.1. The van der Waals surface area contributed by atoms with Gasteiger partial charge in [-0.2, -0.15) is 0 Å². The average Bonchev–Trinajstić information content (AvgIpc) is 2.63. The second kappa shape index (κ2) is 4.06. The second-order valence-corrected chi connectivity index (χ2v) is 4.17. The lowest BCUT2D eigenvalue weighted by atomic mass is 10.1. The van der Waals surface area contributed by atoms with Crippen LogP contribution in [0.4, 0.5) is 0 Å². The maximum atomic E-state index is 12.1. The Bertz CT molecular complexity index is 358. The van der Waals surface area contributed by atoms with E-state index in [1.807, 2.05) is 17.9 Å². The summed E-state index contributed by atoms with van der Waals surface area (Å²) in [6, 6.07) is 1.97. The third kappa shape index (κ3) is 2.04. The number of aryl methyl sites for hydroxylation is 1. The van der Waals surface area contributed by atoms with E-state index < -0.39 is 0 Å². The van der Waals surface area contributed by atoms with Gasteiger partial charge in [-0.3, -0.25) is 4.79 Å². The van der Waals surface area contributed by atoms with Crippen LogP contribution in [-0.2, 0) is 0 Å². The van der Waals surface area contributed by atoms with Crippen LogP contribution in [0.3, 0.4) is 0 Å². The molecule has 2 rings (SSSR count). The minimum absolute atomic E-state index is 0.101. The van der Waals surface area contributed by atoms with Crippen molar-refractivity contribution in [2.75, 3.05) is 13.1 Å². The average molecular weight is 207 g/mol. The molecule has 82 valence electrons. The fourth-order valence-electron chi connectivity index (χ4n) is 2.05. The number of H-pyrrole nitrogens is 1. The van der Waals surface area contributed by atoms with Crippen LogP contribution in [-0.4, -0.2) is 34.9 Å². The summed E-state index contributed by atoms with van der Waals surface area (Å²) < 4.78 is 0. The first-order valence-electron chi connectivity index (χ1n) is 5.37. The monoisotopic (exact) mass is 207 g/mol. The zero-order valence-electron chi connectivity index (χ0n) is 8.99. The molecule has 2 heterocycles. The first-order valence-corrected chi connectivity index (χ1v) is 5.37. The van der Waals surface area contributed by atoms with Gasteiger partial charge in [-0.1, -0.05) is 0 Å². The molecule has 1 amide bonds. The molecular weight excluding hydrogens is 190 g/mol. The van der Waals surface area contributed by atoms with Gasteiger partial charge in [-0.15, -0.1) is 0 Å². The van der Waals surface area contributed by atoms with Crippen molar-refractivity contribution in [2.45, 2.75) is 25.8 Å². The fourth-order valence-corrected chi connectivity index (χ4v) is 2.05. The summed E-state index contributed by atoms with van der Waals surface area (Å²) in [6.45, 7) is 3.43. The lowest BCUT2D eigenvalue weighted by molar-refractivity contribution is 0.0708. The molecule has 0 saturated carbocycles. The van der Waals surface area contributed by atoms with Crippen molar-refractivity contribution >= 4 is 5.91 Å². The standard InChI is InChI=1S/C11H17N3O/c1-8-10(4-5-13-8)11(15)14-6-2-3-9(12)7-14/h4-5,9,13H,2-3,6-7,12H2,1H3. The molecule has 4 heteroatoms. The number of aromatic nitrogens is 1. The summed E-state index contributed by atoms with van der Waals surface area (Å²) in [5.41, 5.74) is 7.55. The minimum atomic E-state index is 0.101. The highest BCUT2D eigenvalue weighted by molar-refractivity contribution is 5.95. The van der Waals surface area contributed by atoms with E-state index in [0.717, 1.165) is 30.6 Å². The Morgan fingerprint density at radius 3 is 3.07 bits per heavy atom. The molecule has 1 unspecified atom stereocenters. The van der Waals surface area contributed by atoms with E-state index in [1.54, 1.807) is 6.20 Å². The van der Waals surface area contributed by atoms with Gasteiger partial charge in [0.05, 0.1) is 5.56 Å². The molecule has 1 aromatic rings. The fraction of sp³-hybridized carbons (Fsp3) is 0.545. The number of aromatic amines is 1. The Balaban J connectivity index is 2.11. The number of likely N-dealkylation sites (tertiary alicyclic amines) is 1. The summed E-state index contributed by atoms with van der Waals surface area (Å²) in [4.78, 5) is 17.0. The van der Waals surface area contributed by atoms with Crippen LogP contribution in [0.5, 0.6) is 0 Å². The van der Waals surface area contributed by atoms with Gasteiger partial charge in [-0.25, -0.2) is 0 Å². The molecule has 15 heavy (non-hydrogen) atoms. The van der Waals surface area contributed by atoms with E-state index in [0.29, 0.717) is 6.54 Å². The highest BCUT2D eigenvalue weighted by Gasteiger charge is 2.23. The van der Waals surface area contributed by atoms with Crippen LogP contribution < -0.4 is 5.73 Å². The number of rotatable bonds is 1. The molecule has 0 aliphatic carbocycles. The number of hydrogen-bond acceptors (Lipinski definition) is 2. The lowest BCUT2D eigenvalue weighted by Crippen LogP contribution is -2.45. The molecule has 0 radical (unpaired) electrons. The third-order valence-electron chi connectivity index (χ3n) is 2.93. The molecule has 0 bridgehead atoms. The summed E-state index contributed by atoms with van der Waals surface area (Å²) in [5, 5.41) is 0. The summed E-state index contributed by atoms with van der Waals surface area (Å²) in [5.74, 6) is 0.101. The Kier molecular flexibility index (Phi) is 2.77. The van der Waals surface area contributed by atoms with Crippen molar-refractivity contribution in [3.63, 3.8) is 0 Å². The van der Waals surface area contributed by atoms with Crippen LogP contribution in [0.15, 0.2) is 12.3 Å². The van der Waals surface area contributed by atoms with Gasteiger partial charge in [0.1, 0.15) is 0 Å². The second-order valence-electron chi connectivity index (χ2n) is 4.17. The number of carbonyl (C=O) groups excluding carboxylic acids is 1. The number of nitrogens with two attached hydrogens (primary N) is 1. The van der Waals surface area contributed by atoms with Gasteiger partial charge < -0.3 is 15.6 Å². The molecule has 1 aliphatic rings. The Labute approximate surface area is 89.5 Å². The molecule has 1 fully saturated rings. The SMILES string of the molecule is Cc1[nH]ccc1C(=O)N1CCCC(N)C1. The first kappa shape index (κ1) is 10.2. The number of nitrogens with one attached hydrogen (secondary N) is 1. The topological polar surface area (TPSA) is 62.1 Å². The van der Waals surface area contributed by atoms with E-state index in [-0.39, 0.29) is 11.9 Å². The van der Waals surface area contributed by atoms with E-state index >= 15 is 0 Å². The molecule has 1 saturated heterocycles. The zero-order valence-corrected chi connectivity index (χ0v) is 8.99. The van der Waals surface area contributed by atoms with Crippen molar-refractivity contribution < 1.29 is 4.79 Å². The van der Waals surface area contributed by atoms with E-state index in [1.165, 1.54) is 0 Å². The van der Waals surface area contributed by atoms with Crippen LogP contribution in [0.25, 0.3) is 0 Å². The molecule has 3 N–H and O–H groups in total. The maximum Gasteiger partial charge on any atom is 0.255 e. The van der Waals surface area contributed by atoms with Crippen molar-refractivity contribution in [3.8, 4) is 0 Å². The predicted octanol–water partition coefficient (Wildman–Crippen LogP) is 0.886. The van der Waals surface area contributed by atoms with Gasteiger partial charge in [0.15, 0.2) is 0 Å². The van der Waals surface area contributed by atoms with Gasteiger partial charge in [0.2, 0.25) is 0 Å². The van der Waals surface area contributed by atoms with E-state index in [4.69, 9.17) is 5.73 Å². The highest BCUT2D eigenvalue weighted by atomic mass is 16.2. The smallest absolute Gasteiger partial charge is 0.255 e. The molecule has 0 aromatic carbocycles. The zero-order chi connectivity index (χ0) is 10.8. The van der Waals surface area contributed by atoms with Crippen molar-refractivity contribution in [3.05, 3.63) is 23.5 Å². The predicted molar refractivity (Wildman–Crippen MR) is 58.6 cm³/mol. The summed E-state index contributed by atoms with van der Waals surface area (Å²) in [6.07, 6.45) is 3.83.